The van der Waals surface area contributed by atoms with Gasteiger partial charge in [0.25, 0.3) is 10.0 Å². The quantitative estimate of drug-likeness (QED) is 0.177. The molecule has 0 aliphatic rings. The highest BCUT2D eigenvalue weighted by Gasteiger charge is 2.35. The van der Waals surface area contributed by atoms with E-state index in [9.17, 15) is 18.0 Å². The zero-order valence-electron chi connectivity index (χ0n) is 24.2. The molecule has 4 aromatic carbocycles. The van der Waals surface area contributed by atoms with Crippen LogP contribution < -0.4 is 9.62 Å². The van der Waals surface area contributed by atoms with Crippen molar-refractivity contribution < 1.29 is 18.0 Å². The number of nitrogens with zero attached hydrogens (tertiary/aromatic N) is 2. The van der Waals surface area contributed by atoms with Crippen molar-refractivity contribution in [3.8, 4) is 0 Å². The number of anilines is 1. The number of hydrogen-bond acceptors (Lipinski definition) is 4. The van der Waals surface area contributed by atoms with Crippen LogP contribution in [0.25, 0.3) is 0 Å². The maximum Gasteiger partial charge on any atom is 0.264 e. The maximum absolute atomic E-state index is 14.4. The van der Waals surface area contributed by atoms with Gasteiger partial charge in [0, 0.05) is 19.5 Å². The van der Waals surface area contributed by atoms with Gasteiger partial charge in [-0.05, 0) is 61.4 Å². The summed E-state index contributed by atoms with van der Waals surface area (Å²) in [4.78, 5) is 29.3. The second-order valence-electron chi connectivity index (χ2n) is 10.1. The van der Waals surface area contributed by atoms with Gasteiger partial charge in [0.15, 0.2) is 0 Å². The SMILES string of the molecule is CCNC(=O)C(Cc1ccccc1)N(Cc1ccc(Cl)c(Cl)c1)C(=O)CN(c1ccccc1Cl)S(=O)(=O)c1ccc(C)cc1. The molecule has 230 valence electrons. The minimum absolute atomic E-state index is 0.00332. The van der Waals surface area contributed by atoms with Gasteiger partial charge in [-0.25, -0.2) is 8.42 Å². The van der Waals surface area contributed by atoms with Crippen LogP contribution in [0.2, 0.25) is 15.1 Å². The largest absolute Gasteiger partial charge is 0.355 e. The highest BCUT2D eigenvalue weighted by Crippen LogP contribution is 2.31. The normalized spacial score (nSPS) is 11.9. The highest BCUT2D eigenvalue weighted by atomic mass is 35.5. The molecule has 0 radical (unpaired) electrons. The van der Waals surface area contributed by atoms with Gasteiger partial charge in [0.1, 0.15) is 12.6 Å². The smallest absolute Gasteiger partial charge is 0.264 e. The van der Waals surface area contributed by atoms with Crippen LogP contribution in [0.5, 0.6) is 0 Å². The van der Waals surface area contributed by atoms with Crippen LogP contribution in [0.3, 0.4) is 0 Å². The van der Waals surface area contributed by atoms with Crippen molar-refractivity contribution in [2.75, 3.05) is 17.4 Å². The number of hydrogen-bond donors (Lipinski definition) is 1. The summed E-state index contributed by atoms with van der Waals surface area (Å²) in [6.45, 7) is 3.32. The molecule has 0 fully saturated rings. The van der Waals surface area contributed by atoms with Crippen LogP contribution in [0, 0.1) is 6.92 Å². The maximum atomic E-state index is 14.4. The van der Waals surface area contributed by atoms with E-state index in [1.165, 1.54) is 23.1 Å². The van der Waals surface area contributed by atoms with Crippen molar-refractivity contribution in [1.29, 1.82) is 0 Å². The third-order valence-corrected chi connectivity index (χ3v) is 9.80. The number of benzene rings is 4. The van der Waals surface area contributed by atoms with Crippen LogP contribution in [0.15, 0.2) is 102 Å². The van der Waals surface area contributed by atoms with Crippen molar-refractivity contribution in [1.82, 2.24) is 10.2 Å². The van der Waals surface area contributed by atoms with Crippen LogP contribution in [-0.4, -0.2) is 44.3 Å². The topological polar surface area (TPSA) is 86.8 Å². The lowest BCUT2D eigenvalue weighted by Crippen LogP contribution is -2.53. The van der Waals surface area contributed by atoms with Crippen molar-refractivity contribution in [2.45, 2.75) is 37.8 Å². The molecule has 0 aliphatic carbocycles. The number of nitrogens with one attached hydrogen (secondary N) is 1. The van der Waals surface area contributed by atoms with Gasteiger partial charge in [-0.1, -0.05) is 101 Å². The summed E-state index contributed by atoms with van der Waals surface area (Å²) < 4.78 is 29.1. The molecule has 0 aromatic heterocycles. The van der Waals surface area contributed by atoms with Crippen LogP contribution >= 0.6 is 34.8 Å². The molecule has 0 saturated heterocycles. The molecule has 4 aromatic rings. The Morgan fingerprint density at radius 2 is 1.45 bits per heavy atom. The van der Waals surface area contributed by atoms with E-state index in [2.05, 4.69) is 5.32 Å². The van der Waals surface area contributed by atoms with E-state index >= 15 is 0 Å². The first kappa shape index (κ1) is 33.3. The van der Waals surface area contributed by atoms with Crippen molar-refractivity contribution in [2.24, 2.45) is 0 Å². The summed E-state index contributed by atoms with van der Waals surface area (Å²) in [6, 6.07) is 26.0. The predicted molar refractivity (Wildman–Crippen MR) is 177 cm³/mol. The summed E-state index contributed by atoms with van der Waals surface area (Å²) >= 11 is 19.0. The molecule has 0 spiro atoms. The lowest BCUT2D eigenvalue weighted by molar-refractivity contribution is -0.140. The molecule has 1 unspecified atom stereocenters. The van der Waals surface area contributed by atoms with Crippen molar-refractivity contribution in [3.63, 3.8) is 0 Å². The molecule has 1 N–H and O–H groups in total. The third kappa shape index (κ3) is 8.12. The van der Waals surface area contributed by atoms with Gasteiger partial charge in [-0.3, -0.25) is 13.9 Å². The molecule has 11 heteroatoms. The molecule has 7 nitrogen and oxygen atoms in total. The average Bonchev–Trinajstić information content (AvgIpc) is 3.00. The fraction of sp³-hybridized carbons (Fsp3) is 0.212. The fourth-order valence-corrected chi connectivity index (χ4v) is 6.73. The first-order chi connectivity index (χ1) is 21.0. The van der Waals surface area contributed by atoms with Gasteiger partial charge < -0.3 is 10.2 Å². The van der Waals surface area contributed by atoms with Gasteiger partial charge in [0.2, 0.25) is 11.8 Å². The molecule has 0 aliphatic heterocycles. The Balaban J connectivity index is 1.82. The number of halogens is 3. The Morgan fingerprint density at radius 3 is 2.09 bits per heavy atom. The number of aryl methyl sites for hydroxylation is 1. The van der Waals surface area contributed by atoms with Crippen LogP contribution in [0.4, 0.5) is 5.69 Å². The second kappa shape index (κ2) is 14.9. The Morgan fingerprint density at radius 1 is 0.795 bits per heavy atom. The van der Waals surface area contributed by atoms with Gasteiger partial charge in [-0.15, -0.1) is 0 Å². The number of rotatable bonds is 12. The standard InChI is InChI=1S/C33H32Cl3N3O4S/c1-3-37-33(41)31(20-24-9-5-4-6-10-24)38(21-25-15-18-27(34)29(36)19-25)32(40)22-39(30-12-8-7-11-28(30)35)44(42,43)26-16-13-23(2)14-17-26/h4-19,31H,3,20-22H2,1-2H3,(H,37,41). The lowest BCUT2D eigenvalue weighted by Gasteiger charge is -2.34. The summed E-state index contributed by atoms with van der Waals surface area (Å²) in [7, 11) is -4.26. The first-order valence-corrected chi connectivity index (χ1v) is 16.5. The summed E-state index contributed by atoms with van der Waals surface area (Å²) in [5.74, 6) is -0.991. The molecule has 44 heavy (non-hydrogen) atoms. The van der Waals surface area contributed by atoms with E-state index in [4.69, 9.17) is 34.8 Å². The molecule has 1 atom stereocenters. The first-order valence-electron chi connectivity index (χ1n) is 13.9. The number of carbonyl (C=O) groups excluding carboxylic acids is 2. The van der Waals surface area contributed by atoms with Crippen LogP contribution in [0.1, 0.15) is 23.6 Å². The molecular weight excluding hydrogens is 641 g/mol. The Hall–Kier alpha value is -3.56. The average molecular weight is 673 g/mol. The molecule has 2 amide bonds. The Labute approximate surface area is 273 Å². The van der Waals surface area contributed by atoms with Crippen molar-refractivity contribution >= 4 is 62.3 Å². The second-order valence-corrected chi connectivity index (χ2v) is 13.2. The lowest BCUT2D eigenvalue weighted by atomic mass is 10.0. The van der Waals surface area contributed by atoms with E-state index in [1.54, 1.807) is 55.5 Å². The molecular formula is C33H32Cl3N3O4S. The molecule has 0 saturated carbocycles. The number of para-hydroxylation sites is 1. The van der Waals surface area contributed by atoms with E-state index in [-0.39, 0.29) is 39.5 Å². The monoisotopic (exact) mass is 671 g/mol. The number of sulfonamides is 1. The molecule has 4 rings (SSSR count). The van der Waals surface area contributed by atoms with E-state index in [1.807, 2.05) is 37.3 Å². The van der Waals surface area contributed by atoms with Crippen molar-refractivity contribution in [3.05, 3.63) is 129 Å². The molecule has 0 heterocycles. The van der Waals surface area contributed by atoms with E-state index in [0.29, 0.717) is 17.1 Å². The van der Waals surface area contributed by atoms with Gasteiger partial charge >= 0.3 is 0 Å². The summed E-state index contributed by atoms with van der Waals surface area (Å²) in [5.41, 5.74) is 2.45. The number of amides is 2. The minimum Gasteiger partial charge on any atom is -0.355 e. The Bertz CT molecular complexity index is 1720. The minimum atomic E-state index is -4.26. The predicted octanol–water partition coefficient (Wildman–Crippen LogP) is 6.93. The zero-order valence-corrected chi connectivity index (χ0v) is 27.3. The number of likely N-dealkylation sites (N-methyl/N-ethyl adjacent to an activating group) is 1. The number of carbonyl (C=O) groups is 2. The van der Waals surface area contributed by atoms with E-state index in [0.717, 1.165) is 15.4 Å². The highest BCUT2D eigenvalue weighted by molar-refractivity contribution is 7.92. The molecule has 0 bridgehead atoms. The van der Waals surface area contributed by atoms with E-state index < -0.39 is 28.5 Å². The van der Waals surface area contributed by atoms with Gasteiger partial charge in [0.05, 0.1) is 25.7 Å². The zero-order chi connectivity index (χ0) is 31.9. The third-order valence-electron chi connectivity index (χ3n) is 6.97. The summed E-state index contributed by atoms with van der Waals surface area (Å²) in [6.07, 6.45) is 0.191. The van der Waals surface area contributed by atoms with Gasteiger partial charge in [-0.2, -0.15) is 0 Å². The summed E-state index contributed by atoms with van der Waals surface area (Å²) in [5, 5.41) is 3.61. The fourth-order valence-electron chi connectivity index (χ4n) is 4.69. The Kier molecular flexibility index (Phi) is 11.3. The van der Waals surface area contributed by atoms with Crippen LogP contribution in [-0.2, 0) is 32.6 Å².